The molecular formula is C35H43N3O6. The van der Waals surface area contributed by atoms with Gasteiger partial charge in [0.05, 0.1) is 32.2 Å². The number of nitrogens with zero attached hydrogens (tertiary/aromatic N) is 1. The van der Waals surface area contributed by atoms with Crippen molar-refractivity contribution >= 4 is 23.4 Å². The van der Waals surface area contributed by atoms with E-state index in [1.165, 1.54) is 0 Å². The molecule has 1 spiro atoms. The van der Waals surface area contributed by atoms with E-state index in [9.17, 15) is 14.4 Å². The molecule has 44 heavy (non-hydrogen) atoms. The average Bonchev–Trinajstić information content (AvgIpc) is 3.65. The van der Waals surface area contributed by atoms with Gasteiger partial charge in [-0.3, -0.25) is 14.4 Å². The van der Waals surface area contributed by atoms with Gasteiger partial charge in [-0.25, -0.2) is 0 Å². The number of anilines is 1. The highest BCUT2D eigenvalue weighted by molar-refractivity contribution is 6.02. The number of likely N-dealkylation sites (tertiary alicyclic amines) is 1. The molecule has 9 heteroatoms. The van der Waals surface area contributed by atoms with Crippen LogP contribution in [0.2, 0.25) is 0 Å². The lowest BCUT2D eigenvalue weighted by molar-refractivity contribution is -0.141. The minimum Gasteiger partial charge on any atom is -0.493 e. The molecule has 2 saturated heterocycles. The molecule has 8 atom stereocenters. The zero-order chi connectivity index (χ0) is 31.2. The number of amides is 3. The molecular weight excluding hydrogens is 558 g/mol. The Hall–Kier alpha value is -3.85. The summed E-state index contributed by atoms with van der Waals surface area (Å²) in [5.74, 6) is -0.234. The maximum atomic E-state index is 14.4. The summed E-state index contributed by atoms with van der Waals surface area (Å²) in [6, 6.07) is 12.4. The van der Waals surface area contributed by atoms with Crippen LogP contribution in [-0.4, -0.2) is 67.2 Å². The third-order valence-corrected chi connectivity index (χ3v) is 10.3. The second kappa shape index (κ2) is 11.9. The Bertz CT molecular complexity index is 1470. The minimum absolute atomic E-state index is 0.0208. The summed E-state index contributed by atoms with van der Waals surface area (Å²) in [5.41, 5.74) is 1.42. The molecule has 6 rings (SSSR count). The van der Waals surface area contributed by atoms with E-state index in [0.29, 0.717) is 35.4 Å². The lowest BCUT2D eigenvalue weighted by atomic mass is 9.73. The summed E-state index contributed by atoms with van der Waals surface area (Å²) in [4.78, 5) is 44.1. The molecule has 2 aromatic rings. The Morgan fingerprint density at radius 1 is 1.05 bits per heavy atom. The Kier molecular flexibility index (Phi) is 8.18. The van der Waals surface area contributed by atoms with Crippen molar-refractivity contribution in [3.8, 4) is 11.5 Å². The van der Waals surface area contributed by atoms with Crippen LogP contribution in [0.25, 0.3) is 0 Å². The molecule has 3 aliphatic heterocycles. The molecule has 1 aliphatic carbocycles. The first-order chi connectivity index (χ1) is 21.2. The first-order valence-corrected chi connectivity index (χ1v) is 15.7. The van der Waals surface area contributed by atoms with Gasteiger partial charge in [-0.1, -0.05) is 57.0 Å². The van der Waals surface area contributed by atoms with Crippen LogP contribution in [0.4, 0.5) is 5.69 Å². The maximum Gasteiger partial charge on any atom is 0.246 e. The van der Waals surface area contributed by atoms with Crippen molar-refractivity contribution in [1.29, 1.82) is 0 Å². The molecule has 9 nitrogen and oxygen atoms in total. The van der Waals surface area contributed by atoms with E-state index in [1.807, 2.05) is 61.5 Å². The van der Waals surface area contributed by atoms with Gasteiger partial charge >= 0.3 is 0 Å². The molecule has 3 heterocycles. The van der Waals surface area contributed by atoms with E-state index in [-0.39, 0.29) is 30.3 Å². The highest BCUT2D eigenvalue weighted by atomic mass is 16.5. The number of rotatable bonds is 9. The quantitative estimate of drug-likeness (QED) is 0.416. The van der Waals surface area contributed by atoms with Crippen LogP contribution in [0.3, 0.4) is 0 Å². The zero-order valence-electron chi connectivity index (χ0n) is 26.2. The highest BCUT2D eigenvalue weighted by Gasteiger charge is 2.72. The molecule has 234 valence electrons. The number of hydrogen-bond acceptors (Lipinski definition) is 6. The zero-order valence-corrected chi connectivity index (χ0v) is 26.2. The first kappa shape index (κ1) is 30.2. The van der Waals surface area contributed by atoms with Crippen molar-refractivity contribution < 1.29 is 28.6 Å². The summed E-state index contributed by atoms with van der Waals surface area (Å²) in [7, 11) is 3.17. The van der Waals surface area contributed by atoms with E-state index in [4.69, 9.17) is 14.2 Å². The predicted molar refractivity (Wildman–Crippen MR) is 166 cm³/mol. The second-order valence-electron chi connectivity index (χ2n) is 12.9. The number of fused-ring (bicyclic) bond motifs is 1. The molecule has 0 aromatic heterocycles. The van der Waals surface area contributed by atoms with Crippen LogP contribution < -0.4 is 20.1 Å². The summed E-state index contributed by atoms with van der Waals surface area (Å²) in [6.07, 6.45) is 6.73. The fourth-order valence-corrected chi connectivity index (χ4v) is 7.79. The normalized spacial score (nSPS) is 32.0. The van der Waals surface area contributed by atoms with E-state index >= 15 is 0 Å². The van der Waals surface area contributed by atoms with Gasteiger partial charge in [-0.2, -0.15) is 0 Å². The molecule has 2 aromatic carbocycles. The van der Waals surface area contributed by atoms with Crippen LogP contribution >= 0.6 is 0 Å². The summed E-state index contributed by atoms with van der Waals surface area (Å²) in [5, 5.41) is 6.33. The smallest absolute Gasteiger partial charge is 0.246 e. The molecule has 2 bridgehead atoms. The Labute approximate surface area is 259 Å². The van der Waals surface area contributed by atoms with Crippen molar-refractivity contribution in [2.75, 3.05) is 26.1 Å². The number of carbonyl (C=O) groups excluding carboxylic acids is 3. The van der Waals surface area contributed by atoms with E-state index < -0.39 is 29.6 Å². The Balaban J connectivity index is 1.30. The maximum absolute atomic E-state index is 14.4. The van der Waals surface area contributed by atoms with E-state index in [1.54, 1.807) is 19.1 Å². The monoisotopic (exact) mass is 601 g/mol. The Morgan fingerprint density at radius 2 is 1.84 bits per heavy atom. The second-order valence-corrected chi connectivity index (χ2v) is 12.9. The van der Waals surface area contributed by atoms with Crippen LogP contribution in [0.15, 0.2) is 54.6 Å². The van der Waals surface area contributed by atoms with Crippen molar-refractivity contribution in [2.24, 2.45) is 23.7 Å². The molecule has 1 saturated carbocycles. The number of methoxy groups -OCH3 is 2. The van der Waals surface area contributed by atoms with E-state index in [0.717, 1.165) is 30.4 Å². The molecule has 4 aliphatic rings. The number of aryl methyl sites for hydroxylation is 1. The fraction of sp³-hybridized carbons (Fsp3) is 0.514. The summed E-state index contributed by atoms with van der Waals surface area (Å²) >= 11 is 0. The number of benzene rings is 2. The third kappa shape index (κ3) is 5.15. The average molecular weight is 602 g/mol. The topological polar surface area (TPSA) is 106 Å². The highest BCUT2D eigenvalue weighted by Crippen LogP contribution is 2.55. The molecule has 3 amide bonds. The number of nitrogens with one attached hydrogen (secondary N) is 2. The van der Waals surface area contributed by atoms with Gasteiger partial charge < -0.3 is 29.7 Å². The Morgan fingerprint density at radius 3 is 2.59 bits per heavy atom. The standard InChI is InChI=1S/C35H43N3O6/c1-20-8-6-10-24(18-20)36-32(39)29-27-14-16-35(44-27)30(29)34(41)38(17-15-23-12-13-26(42-4)28(19-23)43-5)31(35)33(40)37-25-11-7-9-21(2)22(25)3/h6,8,10,12-14,16,18-19,21-22,25,27,29-31H,7,9,11,15,17H2,1-5H3,(H,36,39)(H,37,40)/t21-,22-,25-,27-,29-,30-,31+,35+/m1/s1. The van der Waals surface area contributed by atoms with Gasteiger partial charge in [0.2, 0.25) is 17.7 Å². The summed E-state index contributed by atoms with van der Waals surface area (Å²) < 4.78 is 17.4. The number of carbonyl (C=O) groups is 3. The predicted octanol–water partition coefficient (Wildman–Crippen LogP) is 4.28. The van der Waals surface area contributed by atoms with Crippen LogP contribution in [0.5, 0.6) is 11.5 Å². The fourth-order valence-electron chi connectivity index (χ4n) is 7.79. The SMILES string of the molecule is COc1ccc(CCN2C(=O)[C@H]3[C@H](C(=O)Nc4cccc(C)c4)[C@H]4C=C[C@@]3(O4)[C@@H]2C(=O)N[C@@H]2CCC[C@@H](C)[C@H]2C)cc1OC. The summed E-state index contributed by atoms with van der Waals surface area (Å²) in [6.45, 7) is 6.67. The van der Waals surface area contributed by atoms with Crippen LogP contribution in [-0.2, 0) is 25.5 Å². The molecule has 3 fully saturated rings. The van der Waals surface area contributed by atoms with Crippen LogP contribution in [0, 0.1) is 30.6 Å². The lowest BCUT2D eigenvalue weighted by Crippen LogP contribution is -2.58. The van der Waals surface area contributed by atoms with Crippen molar-refractivity contribution in [3.05, 3.63) is 65.7 Å². The minimum atomic E-state index is -1.21. The number of hydrogen-bond donors (Lipinski definition) is 2. The van der Waals surface area contributed by atoms with Gasteiger partial charge in [-0.15, -0.1) is 0 Å². The first-order valence-electron chi connectivity index (χ1n) is 15.7. The van der Waals surface area contributed by atoms with Gasteiger partial charge in [0.25, 0.3) is 0 Å². The van der Waals surface area contributed by atoms with Crippen molar-refractivity contribution in [3.63, 3.8) is 0 Å². The largest absolute Gasteiger partial charge is 0.493 e. The molecule has 0 radical (unpaired) electrons. The lowest BCUT2D eigenvalue weighted by Gasteiger charge is -2.38. The van der Waals surface area contributed by atoms with Gasteiger partial charge in [0.15, 0.2) is 11.5 Å². The molecule has 0 unspecified atom stereocenters. The van der Waals surface area contributed by atoms with Gasteiger partial charge in [0.1, 0.15) is 11.6 Å². The molecule has 2 N–H and O–H groups in total. The van der Waals surface area contributed by atoms with Gasteiger partial charge in [0, 0.05) is 18.3 Å². The van der Waals surface area contributed by atoms with Crippen molar-refractivity contribution in [2.45, 2.75) is 70.2 Å². The van der Waals surface area contributed by atoms with Crippen LogP contribution in [0.1, 0.15) is 44.2 Å². The van der Waals surface area contributed by atoms with Crippen molar-refractivity contribution in [1.82, 2.24) is 10.2 Å². The van der Waals surface area contributed by atoms with Gasteiger partial charge in [-0.05, 0) is 67.0 Å². The van der Waals surface area contributed by atoms with E-state index in [2.05, 4.69) is 24.5 Å². The third-order valence-electron chi connectivity index (χ3n) is 10.3. The number of ether oxygens (including phenoxy) is 3.